The Bertz CT molecular complexity index is 548. The van der Waals surface area contributed by atoms with Gasteiger partial charge in [-0.1, -0.05) is 30.3 Å². The van der Waals surface area contributed by atoms with Crippen LogP contribution in [0.3, 0.4) is 0 Å². The fourth-order valence-corrected chi connectivity index (χ4v) is 2.63. The Morgan fingerprint density at radius 2 is 2.00 bits per heavy atom. The van der Waals surface area contributed by atoms with E-state index < -0.39 is 10.8 Å². The van der Waals surface area contributed by atoms with Crippen LogP contribution in [0.1, 0.15) is 5.56 Å². The van der Waals surface area contributed by atoms with Crippen molar-refractivity contribution in [3.63, 3.8) is 0 Å². The molecule has 0 bridgehead atoms. The highest BCUT2D eigenvalue weighted by Gasteiger charge is 2.17. The molecule has 0 radical (unpaired) electrons. The molecule has 0 aliphatic rings. The first-order valence-electron chi connectivity index (χ1n) is 4.84. The standard InChI is InChI=1S/C11H9ClN2O2S/c12-10-6-13-7-11(14(10)15)17(16)8-9-4-2-1-3-5-9/h1-7H,8H2. The van der Waals surface area contributed by atoms with E-state index in [0.29, 0.717) is 4.73 Å². The molecule has 0 saturated heterocycles. The molecule has 2 rings (SSSR count). The number of benzene rings is 1. The van der Waals surface area contributed by atoms with Crippen LogP contribution in [0.2, 0.25) is 5.15 Å². The average molecular weight is 269 g/mol. The Labute approximate surface area is 106 Å². The van der Waals surface area contributed by atoms with Crippen LogP contribution in [0.4, 0.5) is 0 Å². The second-order valence-electron chi connectivity index (χ2n) is 3.34. The number of hydrogen-bond acceptors (Lipinski definition) is 3. The highest BCUT2D eigenvalue weighted by molar-refractivity contribution is 7.84. The van der Waals surface area contributed by atoms with E-state index in [2.05, 4.69) is 4.98 Å². The third-order valence-electron chi connectivity index (χ3n) is 2.13. The lowest BCUT2D eigenvalue weighted by Crippen LogP contribution is -2.34. The summed E-state index contributed by atoms with van der Waals surface area (Å²) in [6.45, 7) is 0. The maximum Gasteiger partial charge on any atom is 0.305 e. The second-order valence-corrected chi connectivity index (χ2v) is 5.12. The molecular formula is C11H9ClN2O2S. The molecule has 1 heterocycles. The molecule has 0 aliphatic heterocycles. The van der Waals surface area contributed by atoms with E-state index in [-0.39, 0.29) is 15.9 Å². The minimum atomic E-state index is -1.45. The van der Waals surface area contributed by atoms with Gasteiger partial charge in [0.2, 0.25) is 0 Å². The van der Waals surface area contributed by atoms with Crippen molar-refractivity contribution in [2.24, 2.45) is 0 Å². The molecule has 4 nitrogen and oxygen atoms in total. The van der Waals surface area contributed by atoms with Gasteiger partial charge in [-0.25, -0.2) is 9.19 Å². The average Bonchev–Trinajstić information content (AvgIpc) is 2.34. The number of rotatable bonds is 3. The van der Waals surface area contributed by atoms with Crippen LogP contribution in [0.15, 0.2) is 47.8 Å². The van der Waals surface area contributed by atoms with Gasteiger partial charge in [0.25, 0.3) is 0 Å². The van der Waals surface area contributed by atoms with Crippen LogP contribution >= 0.6 is 11.6 Å². The van der Waals surface area contributed by atoms with E-state index in [0.717, 1.165) is 5.56 Å². The highest BCUT2D eigenvalue weighted by Crippen LogP contribution is 2.09. The lowest BCUT2D eigenvalue weighted by atomic mass is 10.2. The third-order valence-corrected chi connectivity index (χ3v) is 3.72. The Morgan fingerprint density at radius 1 is 1.29 bits per heavy atom. The van der Waals surface area contributed by atoms with E-state index in [4.69, 9.17) is 11.6 Å². The van der Waals surface area contributed by atoms with Gasteiger partial charge in [-0.2, -0.15) is 0 Å². The van der Waals surface area contributed by atoms with Gasteiger partial charge in [-0.3, -0.25) is 0 Å². The summed E-state index contributed by atoms with van der Waals surface area (Å²) in [6, 6.07) is 9.29. The van der Waals surface area contributed by atoms with Crippen LogP contribution < -0.4 is 4.73 Å². The van der Waals surface area contributed by atoms with Crippen molar-refractivity contribution in [3.05, 3.63) is 58.6 Å². The quantitative estimate of drug-likeness (QED) is 0.629. The number of halogens is 1. The number of hydrogen-bond donors (Lipinski definition) is 0. The first kappa shape index (κ1) is 12.0. The zero-order valence-electron chi connectivity index (χ0n) is 8.75. The second kappa shape index (κ2) is 5.25. The molecule has 88 valence electrons. The zero-order valence-corrected chi connectivity index (χ0v) is 10.3. The van der Waals surface area contributed by atoms with Gasteiger partial charge < -0.3 is 5.21 Å². The largest absolute Gasteiger partial charge is 0.617 e. The van der Waals surface area contributed by atoms with Crippen molar-refractivity contribution in [1.29, 1.82) is 0 Å². The molecular weight excluding hydrogens is 260 g/mol. The highest BCUT2D eigenvalue weighted by atomic mass is 35.5. The third kappa shape index (κ3) is 2.81. The smallest absolute Gasteiger partial charge is 0.305 e. The van der Waals surface area contributed by atoms with Crippen LogP contribution in [0.5, 0.6) is 0 Å². The maximum absolute atomic E-state index is 12.0. The zero-order chi connectivity index (χ0) is 12.3. The van der Waals surface area contributed by atoms with Gasteiger partial charge >= 0.3 is 10.2 Å². The van der Waals surface area contributed by atoms with E-state index in [1.807, 2.05) is 30.3 Å². The van der Waals surface area contributed by atoms with Gasteiger partial charge in [0.1, 0.15) is 23.2 Å². The van der Waals surface area contributed by atoms with Crippen molar-refractivity contribution >= 4 is 22.4 Å². The molecule has 1 aromatic heterocycles. The summed E-state index contributed by atoms with van der Waals surface area (Å²) >= 11 is 5.61. The van der Waals surface area contributed by atoms with E-state index in [9.17, 15) is 9.42 Å². The fourth-order valence-electron chi connectivity index (χ4n) is 1.32. The molecule has 0 amide bonds. The summed E-state index contributed by atoms with van der Waals surface area (Å²) in [5.41, 5.74) is 0.894. The summed E-state index contributed by atoms with van der Waals surface area (Å²) in [7, 11) is -1.45. The molecule has 0 aliphatic carbocycles. The Morgan fingerprint density at radius 3 is 2.71 bits per heavy atom. The van der Waals surface area contributed by atoms with Gasteiger partial charge in [0.05, 0.1) is 5.75 Å². The van der Waals surface area contributed by atoms with Crippen molar-refractivity contribution < 1.29 is 8.94 Å². The topological polar surface area (TPSA) is 56.9 Å². The van der Waals surface area contributed by atoms with E-state index in [1.54, 1.807) is 0 Å². The normalized spacial score (nSPS) is 12.3. The molecule has 1 unspecified atom stereocenters. The molecule has 0 fully saturated rings. The molecule has 0 saturated carbocycles. The summed E-state index contributed by atoms with van der Waals surface area (Å²) in [5.74, 6) is 0.269. The van der Waals surface area contributed by atoms with Gasteiger partial charge in [-0.15, -0.1) is 4.73 Å². The Kier molecular flexibility index (Phi) is 3.71. The van der Waals surface area contributed by atoms with Gasteiger partial charge in [-0.05, 0) is 17.2 Å². The summed E-state index contributed by atoms with van der Waals surface area (Å²) in [4.78, 5) is 3.76. The van der Waals surface area contributed by atoms with Crippen molar-refractivity contribution in [2.45, 2.75) is 10.8 Å². The van der Waals surface area contributed by atoms with Crippen LogP contribution in [-0.4, -0.2) is 9.19 Å². The minimum Gasteiger partial charge on any atom is -0.617 e. The first-order valence-corrected chi connectivity index (χ1v) is 6.53. The van der Waals surface area contributed by atoms with Crippen LogP contribution in [-0.2, 0) is 16.6 Å². The molecule has 0 N–H and O–H groups in total. The van der Waals surface area contributed by atoms with E-state index >= 15 is 0 Å². The molecule has 2 aromatic rings. The SMILES string of the molecule is O=S(Cc1ccccc1)c1cncc(Cl)[n+]1[O-]. The van der Waals surface area contributed by atoms with Crippen molar-refractivity contribution in [1.82, 2.24) is 4.98 Å². The van der Waals surface area contributed by atoms with Gasteiger partial charge in [0, 0.05) is 0 Å². The lowest BCUT2D eigenvalue weighted by molar-refractivity contribution is -0.644. The first-order chi connectivity index (χ1) is 8.18. The Balaban J connectivity index is 2.24. The van der Waals surface area contributed by atoms with Crippen LogP contribution in [0.25, 0.3) is 0 Å². The van der Waals surface area contributed by atoms with Crippen molar-refractivity contribution in [3.8, 4) is 0 Å². The summed E-state index contributed by atoms with van der Waals surface area (Å²) in [5, 5.41) is 11.5. The summed E-state index contributed by atoms with van der Waals surface area (Å²) < 4.78 is 12.4. The summed E-state index contributed by atoms with van der Waals surface area (Å²) in [6.07, 6.45) is 2.50. The van der Waals surface area contributed by atoms with E-state index in [1.165, 1.54) is 12.4 Å². The number of nitrogens with zero attached hydrogens (tertiary/aromatic N) is 2. The fraction of sp³-hybridized carbons (Fsp3) is 0.0909. The Hall–Kier alpha value is -1.46. The molecule has 6 heteroatoms. The predicted octanol–water partition coefficient (Wildman–Crippen LogP) is 1.68. The minimum absolute atomic E-state index is 0.0707. The monoisotopic (exact) mass is 268 g/mol. The van der Waals surface area contributed by atoms with Crippen molar-refractivity contribution in [2.75, 3.05) is 0 Å². The van der Waals surface area contributed by atoms with Crippen LogP contribution in [0, 0.1) is 5.21 Å². The number of aromatic nitrogens is 2. The molecule has 1 atom stereocenters. The molecule has 0 spiro atoms. The maximum atomic E-state index is 12.0. The van der Waals surface area contributed by atoms with Gasteiger partial charge in [0.15, 0.2) is 0 Å². The lowest BCUT2D eigenvalue weighted by Gasteiger charge is -2.04. The predicted molar refractivity (Wildman–Crippen MR) is 64.8 cm³/mol. The molecule has 1 aromatic carbocycles. The molecule has 17 heavy (non-hydrogen) atoms.